The maximum Gasteiger partial charge on any atom is 0.407 e. The van der Waals surface area contributed by atoms with E-state index in [9.17, 15) is 9.59 Å². The number of para-hydroxylation sites is 1. The number of aryl methyl sites for hydroxylation is 1. The molecule has 1 aromatic heterocycles. The minimum atomic E-state index is -0.573. The van der Waals surface area contributed by atoms with Gasteiger partial charge in [-0.3, -0.25) is 4.79 Å². The largest absolute Gasteiger partial charge is 0.444 e. The van der Waals surface area contributed by atoms with Crippen LogP contribution in [0.15, 0.2) is 30.5 Å². The minimum absolute atomic E-state index is 0.124. The Morgan fingerprint density at radius 2 is 1.83 bits per heavy atom. The summed E-state index contributed by atoms with van der Waals surface area (Å²) < 4.78 is 7.08. The van der Waals surface area contributed by atoms with Gasteiger partial charge in [0.2, 0.25) is 0 Å². The van der Waals surface area contributed by atoms with E-state index in [4.69, 9.17) is 4.74 Å². The van der Waals surface area contributed by atoms with Gasteiger partial charge >= 0.3 is 6.09 Å². The number of rotatable bonds is 6. The number of carbonyl (C=O) groups excluding carboxylic acids is 2. The molecule has 2 rings (SSSR count). The molecule has 7 heteroatoms. The van der Waals surface area contributed by atoms with E-state index in [0.717, 1.165) is 16.9 Å². The molecule has 0 aliphatic rings. The molecule has 2 aromatic rings. The van der Waals surface area contributed by atoms with Crippen molar-refractivity contribution in [3.05, 3.63) is 47.3 Å². The fraction of sp³-hybridized carbons (Fsp3) is 0.500. The molecule has 1 aromatic carbocycles. The molecule has 1 atom stereocenters. The zero-order valence-electron chi connectivity index (χ0n) is 18.4. The van der Waals surface area contributed by atoms with Gasteiger partial charge in [0.05, 0.1) is 29.2 Å². The normalized spacial score (nSPS) is 12.6. The van der Waals surface area contributed by atoms with Crippen molar-refractivity contribution in [3.8, 4) is 5.69 Å². The Hall–Kier alpha value is -2.83. The lowest BCUT2D eigenvalue weighted by molar-refractivity contribution is 0.0487. The van der Waals surface area contributed by atoms with Gasteiger partial charge in [0.15, 0.2) is 0 Å². The number of aromatic nitrogens is 2. The SMILES string of the molecule is Cc1ccccc1-n1ncc(C(=O)NCC(NC(=O)OC(C)(C)C)C(C)C)c1C. The van der Waals surface area contributed by atoms with Crippen LogP contribution in [0.5, 0.6) is 0 Å². The van der Waals surface area contributed by atoms with Gasteiger partial charge in [-0.15, -0.1) is 0 Å². The second-order valence-corrected chi connectivity index (χ2v) is 8.55. The molecule has 158 valence electrons. The van der Waals surface area contributed by atoms with Gasteiger partial charge in [0, 0.05) is 6.54 Å². The highest BCUT2D eigenvalue weighted by atomic mass is 16.6. The van der Waals surface area contributed by atoms with E-state index < -0.39 is 11.7 Å². The maximum absolute atomic E-state index is 12.7. The van der Waals surface area contributed by atoms with Gasteiger partial charge in [-0.05, 0) is 52.2 Å². The molecule has 2 N–H and O–H groups in total. The van der Waals surface area contributed by atoms with Crippen molar-refractivity contribution < 1.29 is 14.3 Å². The van der Waals surface area contributed by atoms with Crippen LogP contribution in [-0.4, -0.2) is 40.0 Å². The Bertz CT molecular complexity index is 865. The predicted octanol–water partition coefficient (Wildman–Crippen LogP) is 3.77. The first kappa shape index (κ1) is 22.5. The summed E-state index contributed by atoms with van der Waals surface area (Å²) in [4.78, 5) is 24.8. The van der Waals surface area contributed by atoms with Crippen LogP contribution in [0.3, 0.4) is 0 Å². The Kier molecular flexibility index (Phi) is 7.06. The smallest absolute Gasteiger partial charge is 0.407 e. The molecule has 29 heavy (non-hydrogen) atoms. The van der Waals surface area contributed by atoms with Crippen molar-refractivity contribution in [3.63, 3.8) is 0 Å². The molecule has 1 unspecified atom stereocenters. The molecule has 0 bridgehead atoms. The van der Waals surface area contributed by atoms with E-state index in [-0.39, 0.29) is 17.9 Å². The van der Waals surface area contributed by atoms with Gasteiger partial charge in [-0.2, -0.15) is 5.10 Å². The molecule has 0 radical (unpaired) electrons. The Labute approximate surface area is 172 Å². The highest BCUT2D eigenvalue weighted by Gasteiger charge is 2.23. The first-order valence-corrected chi connectivity index (χ1v) is 9.88. The monoisotopic (exact) mass is 400 g/mol. The molecule has 0 saturated heterocycles. The van der Waals surface area contributed by atoms with Crippen LogP contribution in [0.2, 0.25) is 0 Å². The summed E-state index contributed by atoms with van der Waals surface area (Å²) >= 11 is 0. The van der Waals surface area contributed by atoms with Crippen LogP contribution in [-0.2, 0) is 4.74 Å². The Morgan fingerprint density at radius 1 is 1.17 bits per heavy atom. The van der Waals surface area contributed by atoms with Crippen molar-refractivity contribution in [1.29, 1.82) is 0 Å². The molecule has 0 fully saturated rings. The van der Waals surface area contributed by atoms with Crippen molar-refractivity contribution in [2.75, 3.05) is 6.54 Å². The average Bonchev–Trinajstić information content (AvgIpc) is 2.98. The molecule has 0 aliphatic heterocycles. The lowest BCUT2D eigenvalue weighted by atomic mass is 10.0. The van der Waals surface area contributed by atoms with Gasteiger partial charge in [-0.25, -0.2) is 9.48 Å². The van der Waals surface area contributed by atoms with Crippen molar-refractivity contribution in [2.45, 2.75) is 60.1 Å². The quantitative estimate of drug-likeness (QED) is 0.773. The third-order valence-electron chi connectivity index (χ3n) is 4.59. The van der Waals surface area contributed by atoms with Gasteiger partial charge in [0.1, 0.15) is 5.60 Å². The van der Waals surface area contributed by atoms with E-state index in [2.05, 4.69) is 15.7 Å². The van der Waals surface area contributed by atoms with E-state index in [1.165, 1.54) is 0 Å². The highest BCUT2D eigenvalue weighted by molar-refractivity contribution is 5.95. The molecule has 0 aliphatic carbocycles. The standard InChI is InChI=1S/C22H32N4O3/c1-14(2)18(25-21(28)29-22(5,6)7)13-23-20(27)17-12-24-26(16(17)4)19-11-9-8-10-15(19)3/h8-12,14,18H,13H2,1-7H3,(H,23,27)(H,25,28). The fourth-order valence-electron chi connectivity index (χ4n) is 2.89. The third-order valence-corrected chi connectivity index (χ3v) is 4.59. The number of hydrogen-bond donors (Lipinski definition) is 2. The molecular formula is C22H32N4O3. The summed E-state index contributed by atoms with van der Waals surface area (Å²) in [7, 11) is 0. The van der Waals surface area contributed by atoms with Crippen LogP contribution in [0.25, 0.3) is 5.69 Å². The lowest BCUT2D eigenvalue weighted by Crippen LogP contribution is -2.48. The first-order chi connectivity index (χ1) is 13.5. The minimum Gasteiger partial charge on any atom is -0.444 e. The third kappa shape index (κ3) is 6.07. The molecule has 7 nitrogen and oxygen atoms in total. The number of benzene rings is 1. The number of carbonyl (C=O) groups is 2. The number of hydrogen-bond acceptors (Lipinski definition) is 4. The summed E-state index contributed by atoms with van der Waals surface area (Å²) in [5.74, 6) is -0.0995. The van der Waals surface area contributed by atoms with Crippen LogP contribution in [0.4, 0.5) is 4.79 Å². The van der Waals surface area contributed by atoms with E-state index in [0.29, 0.717) is 12.1 Å². The number of amides is 2. The topological polar surface area (TPSA) is 85.3 Å². The van der Waals surface area contributed by atoms with Crippen LogP contribution in [0, 0.1) is 19.8 Å². The van der Waals surface area contributed by atoms with Crippen LogP contribution in [0.1, 0.15) is 56.2 Å². The zero-order valence-corrected chi connectivity index (χ0v) is 18.4. The summed E-state index contributed by atoms with van der Waals surface area (Å²) in [6.07, 6.45) is 1.08. The van der Waals surface area contributed by atoms with E-state index >= 15 is 0 Å². The average molecular weight is 401 g/mol. The summed E-state index contributed by atoms with van der Waals surface area (Å²) in [6, 6.07) is 7.64. The molecule has 2 amide bonds. The van der Waals surface area contributed by atoms with E-state index in [1.807, 2.05) is 72.7 Å². The lowest BCUT2D eigenvalue weighted by Gasteiger charge is -2.26. The van der Waals surface area contributed by atoms with Crippen molar-refractivity contribution >= 4 is 12.0 Å². The zero-order chi connectivity index (χ0) is 21.8. The molecule has 0 saturated carbocycles. The summed E-state index contributed by atoms with van der Waals surface area (Å²) in [6.45, 7) is 13.6. The molecular weight excluding hydrogens is 368 g/mol. The number of nitrogens with one attached hydrogen (secondary N) is 2. The highest BCUT2D eigenvalue weighted by Crippen LogP contribution is 2.17. The van der Waals surface area contributed by atoms with Crippen molar-refractivity contribution in [2.24, 2.45) is 5.92 Å². The summed E-state index contributed by atoms with van der Waals surface area (Å²) in [5.41, 5.74) is 2.71. The predicted molar refractivity (Wildman–Crippen MR) is 113 cm³/mol. The maximum atomic E-state index is 12.7. The number of alkyl carbamates (subject to hydrolysis) is 1. The van der Waals surface area contributed by atoms with E-state index in [1.54, 1.807) is 10.9 Å². The summed E-state index contributed by atoms with van der Waals surface area (Å²) in [5, 5.41) is 10.1. The van der Waals surface area contributed by atoms with Gasteiger partial charge in [0.25, 0.3) is 5.91 Å². The second-order valence-electron chi connectivity index (χ2n) is 8.55. The van der Waals surface area contributed by atoms with Crippen LogP contribution >= 0.6 is 0 Å². The van der Waals surface area contributed by atoms with Gasteiger partial charge in [-0.1, -0.05) is 32.0 Å². The fourth-order valence-corrected chi connectivity index (χ4v) is 2.89. The van der Waals surface area contributed by atoms with Gasteiger partial charge < -0.3 is 15.4 Å². The van der Waals surface area contributed by atoms with Crippen LogP contribution < -0.4 is 10.6 Å². The second kappa shape index (κ2) is 9.11. The molecule has 0 spiro atoms. The Balaban J connectivity index is 2.06. The first-order valence-electron chi connectivity index (χ1n) is 9.88. The Morgan fingerprint density at radius 3 is 2.41 bits per heavy atom. The van der Waals surface area contributed by atoms with Crippen molar-refractivity contribution in [1.82, 2.24) is 20.4 Å². The number of ether oxygens (including phenoxy) is 1. The number of nitrogens with zero attached hydrogens (tertiary/aromatic N) is 2. The molecule has 1 heterocycles.